The molecule has 1 aliphatic carbocycles. The van der Waals surface area contributed by atoms with E-state index in [0.717, 1.165) is 17.4 Å². The normalized spacial score (nSPS) is 15.0. The minimum Gasteiger partial charge on any atom is -0.335 e. The fraction of sp³-hybridized carbons (Fsp3) is 0.533. The van der Waals surface area contributed by atoms with Gasteiger partial charge in [-0.1, -0.05) is 0 Å². The zero-order valence-electron chi connectivity index (χ0n) is 12.9. The molecule has 0 unspecified atom stereocenters. The Bertz CT molecular complexity index is 657. The Morgan fingerprint density at radius 2 is 2.00 bits per heavy atom. The summed E-state index contributed by atoms with van der Waals surface area (Å²) in [5.74, 6) is -1.77. The molecule has 1 amide bonds. The van der Waals surface area contributed by atoms with Gasteiger partial charge < -0.3 is 4.90 Å². The SMILES string of the molecule is Cc1cc(F)cc(C(=O)N(CCC(F)(F)F)C2CCC2)c1[N+](=O)[O-]. The predicted molar refractivity (Wildman–Crippen MR) is 77.1 cm³/mol. The maximum atomic E-state index is 13.6. The molecule has 132 valence electrons. The highest BCUT2D eigenvalue weighted by Gasteiger charge is 2.36. The van der Waals surface area contributed by atoms with Gasteiger partial charge in [0, 0.05) is 18.2 Å². The predicted octanol–water partition coefficient (Wildman–Crippen LogP) is 3.99. The third-order valence-electron chi connectivity index (χ3n) is 4.09. The van der Waals surface area contributed by atoms with Crippen molar-refractivity contribution < 1.29 is 27.3 Å². The molecule has 0 bridgehead atoms. The second-order valence-corrected chi connectivity index (χ2v) is 5.82. The number of alkyl halides is 3. The second kappa shape index (κ2) is 6.74. The number of halogens is 4. The van der Waals surface area contributed by atoms with Crippen molar-refractivity contribution in [1.29, 1.82) is 0 Å². The van der Waals surface area contributed by atoms with Crippen molar-refractivity contribution in [3.63, 3.8) is 0 Å². The summed E-state index contributed by atoms with van der Waals surface area (Å²) in [6, 6.07) is 1.23. The van der Waals surface area contributed by atoms with Crippen LogP contribution in [0.3, 0.4) is 0 Å². The number of nitro benzene ring substituents is 1. The van der Waals surface area contributed by atoms with E-state index in [1.165, 1.54) is 6.92 Å². The van der Waals surface area contributed by atoms with Crippen LogP contribution >= 0.6 is 0 Å². The molecule has 24 heavy (non-hydrogen) atoms. The second-order valence-electron chi connectivity index (χ2n) is 5.82. The first-order chi connectivity index (χ1) is 11.1. The molecule has 0 N–H and O–H groups in total. The number of benzene rings is 1. The van der Waals surface area contributed by atoms with E-state index >= 15 is 0 Å². The molecule has 0 aliphatic heterocycles. The van der Waals surface area contributed by atoms with Crippen LogP contribution in [0, 0.1) is 22.9 Å². The third kappa shape index (κ3) is 4.01. The van der Waals surface area contributed by atoms with E-state index < -0.39 is 53.1 Å². The highest BCUT2D eigenvalue weighted by molar-refractivity contribution is 5.99. The largest absolute Gasteiger partial charge is 0.390 e. The third-order valence-corrected chi connectivity index (χ3v) is 4.09. The zero-order chi connectivity index (χ0) is 18.1. The van der Waals surface area contributed by atoms with Crippen molar-refractivity contribution >= 4 is 11.6 Å². The Hall–Kier alpha value is -2.19. The highest BCUT2D eigenvalue weighted by Crippen LogP contribution is 2.32. The number of aryl methyl sites for hydroxylation is 1. The van der Waals surface area contributed by atoms with Crippen LogP contribution in [0.1, 0.15) is 41.6 Å². The van der Waals surface area contributed by atoms with Gasteiger partial charge in [-0.25, -0.2) is 4.39 Å². The molecule has 0 aromatic heterocycles. The average Bonchev–Trinajstić information content (AvgIpc) is 2.37. The Balaban J connectivity index is 2.37. The van der Waals surface area contributed by atoms with Crippen LogP contribution in [0.2, 0.25) is 0 Å². The first-order valence-corrected chi connectivity index (χ1v) is 7.42. The lowest BCUT2D eigenvalue weighted by Crippen LogP contribution is -2.45. The smallest absolute Gasteiger partial charge is 0.335 e. The van der Waals surface area contributed by atoms with Crippen molar-refractivity contribution in [2.45, 2.75) is 44.8 Å². The van der Waals surface area contributed by atoms with Crippen LogP contribution in [0.4, 0.5) is 23.2 Å². The molecule has 0 atom stereocenters. The topological polar surface area (TPSA) is 63.5 Å². The van der Waals surface area contributed by atoms with Gasteiger partial charge in [0.05, 0.1) is 11.3 Å². The van der Waals surface area contributed by atoms with Crippen molar-refractivity contribution in [1.82, 2.24) is 4.90 Å². The van der Waals surface area contributed by atoms with E-state index in [1.54, 1.807) is 0 Å². The van der Waals surface area contributed by atoms with Crippen molar-refractivity contribution in [2.24, 2.45) is 0 Å². The zero-order valence-corrected chi connectivity index (χ0v) is 12.9. The quantitative estimate of drug-likeness (QED) is 0.459. The first-order valence-electron chi connectivity index (χ1n) is 7.42. The summed E-state index contributed by atoms with van der Waals surface area (Å²) in [6.45, 7) is 0.682. The molecular weight excluding hydrogens is 332 g/mol. The number of hydrogen-bond donors (Lipinski definition) is 0. The van der Waals surface area contributed by atoms with Crippen LogP contribution in [-0.4, -0.2) is 34.5 Å². The molecule has 0 radical (unpaired) electrons. The highest BCUT2D eigenvalue weighted by atomic mass is 19.4. The molecule has 0 heterocycles. The number of hydrogen-bond acceptors (Lipinski definition) is 3. The minimum absolute atomic E-state index is 0.0484. The van der Waals surface area contributed by atoms with E-state index in [-0.39, 0.29) is 5.56 Å². The number of carbonyl (C=O) groups excluding carboxylic acids is 1. The van der Waals surface area contributed by atoms with Gasteiger partial charge in [0.25, 0.3) is 11.6 Å². The van der Waals surface area contributed by atoms with Gasteiger partial charge in [-0.15, -0.1) is 0 Å². The number of nitrogens with zero attached hydrogens (tertiary/aromatic N) is 2. The van der Waals surface area contributed by atoms with E-state index in [1.807, 2.05) is 0 Å². The Morgan fingerprint density at radius 1 is 1.38 bits per heavy atom. The van der Waals surface area contributed by atoms with Gasteiger partial charge in [0.1, 0.15) is 11.4 Å². The van der Waals surface area contributed by atoms with E-state index in [9.17, 15) is 32.5 Å². The van der Waals surface area contributed by atoms with Gasteiger partial charge in [-0.2, -0.15) is 13.2 Å². The van der Waals surface area contributed by atoms with Crippen molar-refractivity contribution in [3.8, 4) is 0 Å². The van der Waals surface area contributed by atoms with Gasteiger partial charge in [-0.05, 0) is 38.3 Å². The van der Waals surface area contributed by atoms with E-state index in [4.69, 9.17) is 0 Å². The average molecular weight is 348 g/mol. The Kier molecular flexibility index (Phi) is 5.10. The molecule has 1 aromatic rings. The van der Waals surface area contributed by atoms with Crippen LogP contribution in [0.15, 0.2) is 12.1 Å². The van der Waals surface area contributed by atoms with Crippen molar-refractivity contribution in [2.75, 3.05) is 6.54 Å². The summed E-state index contributed by atoms with van der Waals surface area (Å²) in [5.41, 5.74) is -1.13. The van der Waals surface area contributed by atoms with E-state index in [0.29, 0.717) is 18.9 Å². The summed E-state index contributed by atoms with van der Waals surface area (Å²) in [4.78, 5) is 24.0. The summed E-state index contributed by atoms with van der Waals surface area (Å²) >= 11 is 0. The lowest BCUT2D eigenvalue weighted by Gasteiger charge is -2.37. The summed E-state index contributed by atoms with van der Waals surface area (Å²) in [7, 11) is 0. The molecule has 5 nitrogen and oxygen atoms in total. The Morgan fingerprint density at radius 3 is 2.46 bits per heavy atom. The van der Waals surface area contributed by atoms with Gasteiger partial charge in [-0.3, -0.25) is 14.9 Å². The van der Waals surface area contributed by atoms with Crippen LogP contribution in [-0.2, 0) is 0 Å². The first kappa shape index (κ1) is 18.2. The maximum absolute atomic E-state index is 13.6. The molecular formula is C15H16F4N2O3. The molecule has 1 fully saturated rings. The summed E-state index contributed by atoms with van der Waals surface area (Å²) < 4.78 is 51.1. The Labute approximate surface area is 135 Å². The van der Waals surface area contributed by atoms with Crippen molar-refractivity contribution in [3.05, 3.63) is 39.2 Å². The molecule has 1 aliphatic rings. The number of carbonyl (C=O) groups is 1. The van der Waals surface area contributed by atoms with Gasteiger partial charge in [0.2, 0.25) is 0 Å². The number of amides is 1. The lowest BCUT2D eigenvalue weighted by atomic mass is 9.90. The minimum atomic E-state index is -4.45. The van der Waals surface area contributed by atoms with Gasteiger partial charge >= 0.3 is 6.18 Å². The molecule has 0 saturated heterocycles. The fourth-order valence-electron chi connectivity index (χ4n) is 2.69. The monoisotopic (exact) mass is 348 g/mol. The standard InChI is InChI=1S/C15H16F4N2O3/c1-9-7-10(16)8-12(13(9)21(23)24)14(22)20(11-3-2-4-11)6-5-15(17,18)19/h7-8,11H,2-6H2,1H3. The van der Waals surface area contributed by atoms with Gasteiger partial charge in [0.15, 0.2) is 0 Å². The maximum Gasteiger partial charge on any atom is 0.390 e. The molecule has 0 spiro atoms. The summed E-state index contributed by atoms with van der Waals surface area (Å²) in [5, 5.41) is 11.2. The lowest BCUT2D eigenvalue weighted by molar-refractivity contribution is -0.385. The molecule has 1 saturated carbocycles. The number of rotatable bonds is 5. The van der Waals surface area contributed by atoms with E-state index in [2.05, 4.69) is 0 Å². The van der Waals surface area contributed by atoms with Crippen LogP contribution in [0.25, 0.3) is 0 Å². The fourth-order valence-corrected chi connectivity index (χ4v) is 2.69. The summed E-state index contributed by atoms with van der Waals surface area (Å²) in [6.07, 6.45) is -3.83. The molecule has 2 rings (SSSR count). The van der Waals surface area contributed by atoms with Crippen LogP contribution in [0.5, 0.6) is 0 Å². The van der Waals surface area contributed by atoms with Crippen LogP contribution < -0.4 is 0 Å². The molecule has 1 aromatic carbocycles. The number of nitro groups is 1. The molecule has 9 heteroatoms.